The van der Waals surface area contributed by atoms with Gasteiger partial charge < -0.3 is 9.80 Å². The molecule has 0 spiro atoms. The molecule has 0 aliphatic carbocycles. The van der Waals surface area contributed by atoms with E-state index in [9.17, 15) is 4.79 Å². The van der Waals surface area contributed by atoms with Crippen LogP contribution in [0.5, 0.6) is 0 Å². The van der Waals surface area contributed by atoms with Gasteiger partial charge >= 0.3 is 0 Å². The van der Waals surface area contributed by atoms with Crippen LogP contribution in [0.15, 0.2) is 67.0 Å². The van der Waals surface area contributed by atoms with E-state index >= 15 is 0 Å². The summed E-state index contributed by atoms with van der Waals surface area (Å²) in [4.78, 5) is 21.2. The molecule has 138 valence electrons. The minimum atomic E-state index is 0.180. The van der Waals surface area contributed by atoms with E-state index < -0.39 is 0 Å². The summed E-state index contributed by atoms with van der Waals surface area (Å²) < 4.78 is 2.04. The van der Waals surface area contributed by atoms with E-state index in [2.05, 4.69) is 9.88 Å². The summed E-state index contributed by atoms with van der Waals surface area (Å²) in [5.74, 6) is 1.06. The van der Waals surface area contributed by atoms with Crippen LogP contribution in [0.4, 0.5) is 5.95 Å². The molecule has 1 saturated heterocycles. The fraction of sp³-hybridized carbons (Fsp3) is 0.238. The second kappa shape index (κ2) is 7.84. The number of carbonyl (C=O) groups is 1. The largest absolute Gasteiger partial charge is 0.339 e. The number of nitrogens with zero attached hydrogens (tertiary/aromatic N) is 4. The first kappa shape index (κ1) is 17.6. The summed E-state index contributed by atoms with van der Waals surface area (Å²) in [5, 5.41) is 0.698. The average Bonchev–Trinajstić information content (AvgIpc) is 3.19. The second-order valence-corrected chi connectivity index (χ2v) is 7.04. The molecule has 1 aliphatic heterocycles. The molecular weight excluding hydrogens is 360 g/mol. The van der Waals surface area contributed by atoms with Crippen molar-refractivity contribution < 1.29 is 4.79 Å². The van der Waals surface area contributed by atoms with Gasteiger partial charge in [0, 0.05) is 49.3 Å². The highest BCUT2D eigenvalue weighted by Crippen LogP contribution is 2.22. The number of imidazole rings is 1. The molecule has 1 aliphatic rings. The van der Waals surface area contributed by atoms with E-state index in [0.29, 0.717) is 24.5 Å². The first-order chi connectivity index (χ1) is 13.2. The van der Waals surface area contributed by atoms with Gasteiger partial charge in [0.25, 0.3) is 0 Å². The third-order valence-electron chi connectivity index (χ3n) is 4.82. The molecule has 3 aromatic rings. The van der Waals surface area contributed by atoms with Crippen molar-refractivity contribution in [1.29, 1.82) is 0 Å². The lowest BCUT2D eigenvalue weighted by molar-refractivity contribution is -0.130. The first-order valence-electron chi connectivity index (χ1n) is 9.06. The Morgan fingerprint density at radius 3 is 2.52 bits per heavy atom. The summed E-state index contributed by atoms with van der Waals surface area (Å²) in [5.41, 5.74) is 2.04. The summed E-state index contributed by atoms with van der Waals surface area (Å²) >= 11 is 6.13. The van der Waals surface area contributed by atoms with Crippen LogP contribution in [-0.4, -0.2) is 46.5 Å². The number of hydrogen-bond acceptors (Lipinski definition) is 3. The number of rotatable bonds is 4. The lowest BCUT2D eigenvalue weighted by Gasteiger charge is -2.35. The third kappa shape index (κ3) is 3.98. The molecule has 1 amide bonds. The Morgan fingerprint density at radius 1 is 1.00 bits per heavy atom. The molecular formula is C21H21ClN4O. The molecule has 5 nitrogen and oxygen atoms in total. The third-order valence-corrected chi connectivity index (χ3v) is 5.06. The van der Waals surface area contributed by atoms with E-state index in [1.807, 2.05) is 70.3 Å². The van der Waals surface area contributed by atoms with Crippen LogP contribution in [-0.2, 0) is 11.2 Å². The number of benzene rings is 2. The number of aromatic nitrogens is 2. The SMILES string of the molecule is O=C(Cc1ccccc1)N1CCN(c2nccn2-c2cccc(Cl)c2)CC1. The van der Waals surface area contributed by atoms with Gasteiger partial charge in [0.15, 0.2) is 0 Å². The summed E-state index contributed by atoms with van der Waals surface area (Å²) in [6, 6.07) is 17.6. The average molecular weight is 381 g/mol. The zero-order valence-corrected chi connectivity index (χ0v) is 15.7. The van der Waals surface area contributed by atoms with Crippen molar-refractivity contribution in [2.24, 2.45) is 0 Å². The molecule has 2 heterocycles. The van der Waals surface area contributed by atoms with Crippen LogP contribution in [0.3, 0.4) is 0 Å². The van der Waals surface area contributed by atoms with Gasteiger partial charge in [0.2, 0.25) is 11.9 Å². The van der Waals surface area contributed by atoms with E-state index in [-0.39, 0.29) is 5.91 Å². The summed E-state index contributed by atoms with van der Waals surface area (Å²) in [6.07, 6.45) is 4.19. The molecule has 0 N–H and O–H groups in total. The number of hydrogen-bond donors (Lipinski definition) is 0. The van der Waals surface area contributed by atoms with Crippen molar-refractivity contribution in [3.63, 3.8) is 0 Å². The first-order valence-corrected chi connectivity index (χ1v) is 9.44. The normalized spacial score (nSPS) is 14.4. The monoisotopic (exact) mass is 380 g/mol. The molecule has 1 aromatic heterocycles. The van der Waals surface area contributed by atoms with Crippen molar-refractivity contribution in [1.82, 2.24) is 14.5 Å². The van der Waals surface area contributed by atoms with Crippen LogP contribution in [0, 0.1) is 0 Å². The van der Waals surface area contributed by atoms with Gasteiger partial charge in [-0.3, -0.25) is 9.36 Å². The predicted molar refractivity (Wildman–Crippen MR) is 108 cm³/mol. The van der Waals surface area contributed by atoms with Gasteiger partial charge in [-0.05, 0) is 23.8 Å². The van der Waals surface area contributed by atoms with Crippen molar-refractivity contribution in [2.45, 2.75) is 6.42 Å². The second-order valence-electron chi connectivity index (χ2n) is 6.61. The van der Waals surface area contributed by atoms with Gasteiger partial charge in [-0.2, -0.15) is 0 Å². The standard InChI is InChI=1S/C21H21ClN4O/c22-18-7-4-8-19(16-18)26-10-9-23-21(26)25-13-11-24(12-14-25)20(27)15-17-5-2-1-3-6-17/h1-10,16H,11-15H2. The van der Waals surface area contributed by atoms with Crippen molar-refractivity contribution in [3.8, 4) is 5.69 Å². The minimum Gasteiger partial charge on any atom is -0.339 e. The number of anilines is 1. The van der Waals surface area contributed by atoms with Crippen molar-refractivity contribution in [3.05, 3.63) is 77.6 Å². The van der Waals surface area contributed by atoms with Crippen molar-refractivity contribution in [2.75, 3.05) is 31.1 Å². The Hall–Kier alpha value is -2.79. The highest BCUT2D eigenvalue weighted by molar-refractivity contribution is 6.30. The maximum absolute atomic E-state index is 12.6. The predicted octanol–water partition coefficient (Wildman–Crippen LogP) is 3.42. The molecule has 0 radical (unpaired) electrons. The Kier molecular flexibility index (Phi) is 5.12. The van der Waals surface area contributed by atoms with Gasteiger partial charge in [-0.1, -0.05) is 48.0 Å². The van der Waals surface area contributed by atoms with Gasteiger partial charge in [-0.25, -0.2) is 4.98 Å². The lowest BCUT2D eigenvalue weighted by atomic mass is 10.1. The minimum absolute atomic E-state index is 0.180. The van der Waals surface area contributed by atoms with Crippen molar-refractivity contribution >= 4 is 23.5 Å². The Bertz CT molecular complexity index is 917. The molecule has 2 aromatic carbocycles. The van der Waals surface area contributed by atoms with Gasteiger partial charge in [0.1, 0.15) is 0 Å². The van der Waals surface area contributed by atoms with Crippen LogP contribution in [0.2, 0.25) is 5.02 Å². The number of carbonyl (C=O) groups excluding carboxylic acids is 1. The fourth-order valence-electron chi connectivity index (χ4n) is 3.40. The molecule has 0 atom stereocenters. The van der Waals surface area contributed by atoms with E-state index in [4.69, 9.17) is 11.6 Å². The van der Waals surface area contributed by atoms with Crippen LogP contribution < -0.4 is 4.90 Å². The molecule has 1 fully saturated rings. The quantitative estimate of drug-likeness (QED) is 0.696. The molecule has 0 bridgehead atoms. The molecule has 27 heavy (non-hydrogen) atoms. The van der Waals surface area contributed by atoms with Crippen LogP contribution in [0.25, 0.3) is 5.69 Å². The van der Waals surface area contributed by atoms with Gasteiger partial charge in [0.05, 0.1) is 6.42 Å². The Morgan fingerprint density at radius 2 is 1.78 bits per heavy atom. The lowest BCUT2D eigenvalue weighted by Crippen LogP contribution is -2.49. The number of halogens is 1. The summed E-state index contributed by atoms with van der Waals surface area (Å²) in [6.45, 7) is 2.93. The zero-order chi connectivity index (χ0) is 18.6. The fourth-order valence-corrected chi connectivity index (χ4v) is 3.58. The zero-order valence-electron chi connectivity index (χ0n) is 15.0. The highest BCUT2D eigenvalue weighted by Gasteiger charge is 2.23. The topological polar surface area (TPSA) is 41.4 Å². The Balaban J connectivity index is 1.42. The van der Waals surface area contributed by atoms with E-state index in [1.54, 1.807) is 6.20 Å². The maximum atomic E-state index is 12.6. The molecule has 0 saturated carbocycles. The number of piperazine rings is 1. The van der Waals surface area contributed by atoms with Crippen LogP contribution >= 0.6 is 11.6 Å². The van der Waals surface area contributed by atoms with E-state index in [0.717, 1.165) is 30.3 Å². The number of amides is 1. The maximum Gasteiger partial charge on any atom is 0.227 e. The summed E-state index contributed by atoms with van der Waals surface area (Å²) in [7, 11) is 0. The highest BCUT2D eigenvalue weighted by atomic mass is 35.5. The molecule has 6 heteroatoms. The molecule has 0 unspecified atom stereocenters. The smallest absolute Gasteiger partial charge is 0.227 e. The van der Waals surface area contributed by atoms with E-state index in [1.165, 1.54) is 0 Å². The Labute approximate surface area is 163 Å². The molecule has 4 rings (SSSR count). The van der Waals surface area contributed by atoms with Gasteiger partial charge in [-0.15, -0.1) is 0 Å². The van der Waals surface area contributed by atoms with Crippen LogP contribution in [0.1, 0.15) is 5.56 Å².